The molecule has 0 rings (SSSR count). The maximum Gasteiger partial charge on any atom is 0.369 e. The lowest BCUT2D eigenvalue weighted by atomic mass is 10.0. The van der Waals surface area contributed by atoms with Crippen molar-refractivity contribution in [1.29, 1.82) is 0 Å². The molecule has 0 aromatic carbocycles. The minimum Gasteiger partial charge on any atom is -0.203 e. The van der Waals surface area contributed by atoms with Gasteiger partial charge in [-0.25, -0.2) is 8.78 Å². The predicted molar refractivity (Wildman–Crippen MR) is 49.3 cm³/mol. The van der Waals surface area contributed by atoms with Gasteiger partial charge in [0.1, 0.15) is 0 Å². The lowest BCUT2D eigenvalue weighted by Gasteiger charge is -2.25. The second kappa shape index (κ2) is 6.35. The summed E-state index contributed by atoms with van der Waals surface area (Å²) < 4.78 is 73.7. The average Bonchev–Trinajstić information content (AvgIpc) is 2.16. The molecule has 0 aliphatic rings. The van der Waals surface area contributed by atoms with Crippen molar-refractivity contribution in [3.63, 3.8) is 0 Å². The molecule has 0 saturated heterocycles. The van der Waals surface area contributed by atoms with Gasteiger partial charge in [-0.3, -0.25) is 0 Å². The molecule has 0 aromatic rings. The highest BCUT2D eigenvalue weighted by atomic mass is 19.3. The van der Waals surface area contributed by atoms with Crippen molar-refractivity contribution in [2.24, 2.45) is 0 Å². The Labute approximate surface area is 91.0 Å². The maximum atomic E-state index is 12.7. The third kappa shape index (κ3) is 4.22. The van der Waals surface area contributed by atoms with Gasteiger partial charge >= 0.3 is 18.3 Å². The molecule has 0 nitrogen and oxygen atoms in total. The van der Waals surface area contributed by atoms with Crippen LogP contribution >= 0.6 is 0 Å². The summed E-state index contributed by atoms with van der Waals surface area (Å²) in [5.41, 5.74) is 0. The first-order chi connectivity index (χ1) is 7.25. The molecule has 0 fully saturated rings. The van der Waals surface area contributed by atoms with E-state index in [1.54, 1.807) is 0 Å². The molecule has 0 bridgehead atoms. The van der Waals surface area contributed by atoms with Crippen LogP contribution in [0.5, 0.6) is 0 Å². The molecule has 0 radical (unpaired) electrons. The normalized spacial score (nSPS) is 13.5. The largest absolute Gasteiger partial charge is 0.369 e. The van der Waals surface area contributed by atoms with E-state index < -0.39 is 24.7 Å². The zero-order chi connectivity index (χ0) is 12.8. The first-order valence-electron chi connectivity index (χ1n) is 5.29. The molecule has 98 valence electrons. The molecular formula is C10H16F6. The maximum absolute atomic E-state index is 12.7. The van der Waals surface area contributed by atoms with Gasteiger partial charge in [0.2, 0.25) is 0 Å². The lowest BCUT2D eigenvalue weighted by molar-refractivity contribution is -0.266. The molecule has 0 aliphatic heterocycles. The standard InChI is InChI=1S/C10H16F6/c1-2-3-4-5-6-7-9(13,14)10(15,16)8(11)12/h8H,2-7H2,1H3. The topological polar surface area (TPSA) is 0 Å². The Morgan fingerprint density at radius 1 is 0.875 bits per heavy atom. The molecule has 0 spiro atoms. The lowest BCUT2D eigenvalue weighted by Crippen LogP contribution is -2.46. The van der Waals surface area contributed by atoms with Crippen molar-refractivity contribution in [1.82, 2.24) is 0 Å². The number of halogens is 6. The van der Waals surface area contributed by atoms with Crippen molar-refractivity contribution in [3.05, 3.63) is 0 Å². The van der Waals surface area contributed by atoms with Crippen LogP contribution < -0.4 is 0 Å². The Morgan fingerprint density at radius 2 is 1.38 bits per heavy atom. The summed E-state index contributed by atoms with van der Waals surface area (Å²) in [6.45, 7) is 1.92. The average molecular weight is 250 g/mol. The minimum atomic E-state index is -5.22. The van der Waals surface area contributed by atoms with E-state index in [0.29, 0.717) is 12.8 Å². The summed E-state index contributed by atoms with van der Waals surface area (Å²) >= 11 is 0. The number of alkyl halides is 6. The van der Waals surface area contributed by atoms with E-state index in [0.717, 1.165) is 12.8 Å². The van der Waals surface area contributed by atoms with Crippen LogP contribution in [-0.4, -0.2) is 18.3 Å². The summed E-state index contributed by atoms with van der Waals surface area (Å²) in [6.07, 6.45) is -2.92. The number of hydrogen-bond acceptors (Lipinski definition) is 0. The summed E-state index contributed by atoms with van der Waals surface area (Å²) in [7, 11) is 0. The van der Waals surface area contributed by atoms with E-state index in [1.807, 2.05) is 6.92 Å². The van der Waals surface area contributed by atoms with Gasteiger partial charge < -0.3 is 0 Å². The second-order valence-corrected chi connectivity index (χ2v) is 3.79. The SMILES string of the molecule is CCCCCCCC(F)(F)C(F)(F)C(F)F. The number of unbranched alkanes of at least 4 members (excludes halogenated alkanes) is 4. The van der Waals surface area contributed by atoms with Gasteiger partial charge in [-0.05, 0) is 6.42 Å². The van der Waals surface area contributed by atoms with Crippen molar-refractivity contribution in [2.45, 2.75) is 63.7 Å². The molecule has 0 atom stereocenters. The van der Waals surface area contributed by atoms with Crippen LogP contribution in [0.15, 0.2) is 0 Å². The van der Waals surface area contributed by atoms with E-state index in [4.69, 9.17) is 0 Å². The molecule has 6 heteroatoms. The molecule has 0 saturated carbocycles. The van der Waals surface area contributed by atoms with Gasteiger partial charge in [0, 0.05) is 6.42 Å². The highest BCUT2D eigenvalue weighted by molar-refractivity contribution is 4.86. The van der Waals surface area contributed by atoms with Crippen molar-refractivity contribution >= 4 is 0 Å². The van der Waals surface area contributed by atoms with E-state index >= 15 is 0 Å². The van der Waals surface area contributed by atoms with E-state index in [-0.39, 0.29) is 6.42 Å². The van der Waals surface area contributed by atoms with Crippen LogP contribution in [-0.2, 0) is 0 Å². The van der Waals surface area contributed by atoms with E-state index in [9.17, 15) is 26.3 Å². The third-order valence-corrected chi connectivity index (χ3v) is 2.36. The van der Waals surface area contributed by atoms with Crippen LogP contribution in [0.2, 0.25) is 0 Å². The predicted octanol–water partition coefficient (Wildman–Crippen LogP) is 4.88. The molecule has 0 aliphatic carbocycles. The molecule has 0 N–H and O–H groups in total. The smallest absolute Gasteiger partial charge is 0.203 e. The summed E-state index contributed by atoms with van der Waals surface area (Å²) in [4.78, 5) is 0. The van der Waals surface area contributed by atoms with Crippen LogP contribution in [0.1, 0.15) is 45.4 Å². The Morgan fingerprint density at radius 3 is 1.81 bits per heavy atom. The van der Waals surface area contributed by atoms with Gasteiger partial charge in [-0.2, -0.15) is 17.6 Å². The van der Waals surface area contributed by atoms with Crippen molar-refractivity contribution < 1.29 is 26.3 Å². The minimum absolute atomic E-state index is 0.157. The Bertz CT molecular complexity index is 190. The van der Waals surface area contributed by atoms with Crippen LogP contribution in [0.3, 0.4) is 0 Å². The third-order valence-electron chi connectivity index (χ3n) is 2.36. The fraction of sp³-hybridized carbons (Fsp3) is 1.00. The van der Waals surface area contributed by atoms with E-state index in [2.05, 4.69) is 0 Å². The van der Waals surface area contributed by atoms with Crippen LogP contribution in [0, 0.1) is 0 Å². The van der Waals surface area contributed by atoms with Crippen molar-refractivity contribution in [2.75, 3.05) is 0 Å². The van der Waals surface area contributed by atoms with Gasteiger partial charge in [-0.1, -0.05) is 32.6 Å². The molecule has 0 amide bonds. The second-order valence-electron chi connectivity index (χ2n) is 3.79. The van der Waals surface area contributed by atoms with Gasteiger partial charge in [0.05, 0.1) is 0 Å². The quantitative estimate of drug-likeness (QED) is 0.425. The fourth-order valence-electron chi connectivity index (χ4n) is 1.28. The summed E-state index contributed by atoms with van der Waals surface area (Å²) in [5, 5.41) is 0. The fourth-order valence-corrected chi connectivity index (χ4v) is 1.28. The Balaban J connectivity index is 4.04. The zero-order valence-corrected chi connectivity index (χ0v) is 9.09. The van der Waals surface area contributed by atoms with Gasteiger partial charge in [0.25, 0.3) is 0 Å². The Kier molecular flexibility index (Phi) is 6.18. The molecule has 0 heterocycles. The van der Waals surface area contributed by atoms with Gasteiger partial charge in [-0.15, -0.1) is 0 Å². The summed E-state index contributed by atoms with van der Waals surface area (Å²) in [5.74, 6) is -9.84. The van der Waals surface area contributed by atoms with Crippen molar-refractivity contribution in [3.8, 4) is 0 Å². The zero-order valence-electron chi connectivity index (χ0n) is 9.09. The van der Waals surface area contributed by atoms with Crippen LogP contribution in [0.25, 0.3) is 0 Å². The first-order valence-corrected chi connectivity index (χ1v) is 5.29. The molecule has 0 unspecified atom stereocenters. The highest BCUT2D eigenvalue weighted by Crippen LogP contribution is 2.42. The first kappa shape index (κ1) is 15.6. The Hall–Kier alpha value is -0.420. The molecule has 0 aromatic heterocycles. The van der Waals surface area contributed by atoms with Gasteiger partial charge in [0.15, 0.2) is 0 Å². The molecular weight excluding hydrogens is 234 g/mol. The summed E-state index contributed by atoms with van der Waals surface area (Å²) in [6, 6.07) is 0. The highest BCUT2D eigenvalue weighted by Gasteiger charge is 2.61. The van der Waals surface area contributed by atoms with E-state index in [1.165, 1.54) is 0 Å². The number of hydrogen-bond donors (Lipinski definition) is 0. The number of rotatable bonds is 8. The monoisotopic (exact) mass is 250 g/mol. The molecule has 16 heavy (non-hydrogen) atoms. The van der Waals surface area contributed by atoms with Crippen LogP contribution in [0.4, 0.5) is 26.3 Å².